The molecule has 9 heteroatoms. The Kier molecular flexibility index (Phi) is 5.58. The predicted octanol–water partition coefficient (Wildman–Crippen LogP) is 3.55. The van der Waals surface area contributed by atoms with Gasteiger partial charge < -0.3 is 14.0 Å². The maximum absolute atomic E-state index is 13.9. The fourth-order valence-corrected chi connectivity index (χ4v) is 2.60. The summed E-state index contributed by atoms with van der Waals surface area (Å²) in [5.41, 5.74) is 9.16. The van der Waals surface area contributed by atoms with E-state index in [1.165, 1.54) is 12.1 Å². The first-order valence-electron chi connectivity index (χ1n) is 7.34. The predicted molar refractivity (Wildman–Crippen MR) is 90.4 cm³/mol. The van der Waals surface area contributed by atoms with Gasteiger partial charge in [-0.3, -0.25) is 0 Å². The first-order valence-corrected chi connectivity index (χ1v) is 8.44. The van der Waals surface area contributed by atoms with Crippen LogP contribution in [-0.4, -0.2) is 34.3 Å². The monoisotopic (exact) mass is 354 g/mol. The summed E-state index contributed by atoms with van der Waals surface area (Å²) in [5, 5.41) is 3.46. The number of azide groups is 1. The van der Waals surface area contributed by atoms with Gasteiger partial charge in [-0.05, 0) is 39.3 Å². The number of halogens is 1. The maximum Gasteiger partial charge on any atom is 0.171 e. The molecule has 0 aliphatic carbocycles. The van der Waals surface area contributed by atoms with Crippen molar-refractivity contribution >= 4 is 17.1 Å². The van der Waals surface area contributed by atoms with Gasteiger partial charge in [0.2, 0.25) is 0 Å². The van der Waals surface area contributed by atoms with Crippen molar-refractivity contribution in [1.29, 1.82) is 0 Å². The van der Waals surface area contributed by atoms with Crippen molar-refractivity contribution in [2.75, 3.05) is 13.2 Å². The Morgan fingerprint density at radius 2 is 2.21 bits per heavy atom. The molecular formula is C15H19FN4O3S. The summed E-state index contributed by atoms with van der Waals surface area (Å²) >= 11 is -1.49. The van der Waals surface area contributed by atoms with Crippen molar-refractivity contribution in [3.63, 3.8) is 0 Å². The highest BCUT2D eigenvalue weighted by Gasteiger charge is 2.29. The van der Waals surface area contributed by atoms with E-state index in [1.54, 1.807) is 27.7 Å². The molecule has 2 rings (SSSR count). The Morgan fingerprint density at radius 1 is 1.50 bits per heavy atom. The number of ether oxygens (including phenoxy) is 2. The van der Waals surface area contributed by atoms with E-state index in [-0.39, 0.29) is 18.9 Å². The topological polar surface area (TPSA) is 103 Å². The molecule has 0 aromatic heterocycles. The summed E-state index contributed by atoms with van der Waals surface area (Å²) in [7, 11) is 0. The van der Waals surface area contributed by atoms with Crippen molar-refractivity contribution in [3.05, 3.63) is 34.0 Å². The number of fused-ring (bicyclic) bond motifs is 1. The van der Waals surface area contributed by atoms with Crippen molar-refractivity contribution in [2.45, 2.75) is 38.5 Å². The van der Waals surface area contributed by atoms with Crippen LogP contribution in [0.1, 0.15) is 33.3 Å². The van der Waals surface area contributed by atoms with E-state index in [2.05, 4.69) is 14.4 Å². The van der Waals surface area contributed by atoms with Gasteiger partial charge in [-0.15, -0.1) is 0 Å². The average Bonchev–Trinajstić information content (AvgIpc) is 2.51. The Hall–Kier alpha value is -1.96. The average molecular weight is 354 g/mol. The Morgan fingerprint density at radius 3 is 2.83 bits per heavy atom. The van der Waals surface area contributed by atoms with Gasteiger partial charge in [0.1, 0.15) is 34.6 Å². The number of benzene rings is 1. The number of rotatable bonds is 4. The molecule has 0 saturated heterocycles. The van der Waals surface area contributed by atoms with Gasteiger partial charge in [-0.25, -0.2) is 4.39 Å². The van der Waals surface area contributed by atoms with E-state index in [9.17, 15) is 8.94 Å². The Bertz CT molecular complexity index is 699. The lowest BCUT2D eigenvalue weighted by Gasteiger charge is -2.27. The van der Waals surface area contributed by atoms with Gasteiger partial charge in [-0.2, -0.15) is 0 Å². The normalized spacial score (nSPS) is 18.8. The third kappa shape index (κ3) is 4.31. The lowest BCUT2D eigenvalue weighted by molar-refractivity contribution is 0.0961. The fraction of sp³-hybridized carbons (Fsp3) is 0.533. The minimum Gasteiger partial charge on any atom is -0.591 e. The highest BCUT2D eigenvalue weighted by atomic mass is 32.2. The summed E-state index contributed by atoms with van der Waals surface area (Å²) in [6.45, 7) is 7.29. The van der Waals surface area contributed by atoms with Crippen molar-refractivity contribution in [1.82, 2.24) is 0 Å². The summed E-state index contributed by atoms with van der Waals surface area (Å²) < 4.78 is 41.0. The van der Waals surface area contributed by atoms with Crippen LogP contribution in [0.2, 0.25) is 0 Å². The summed E-state index contributed by atoms with van der Waals surface area (Å²) in [6, 6.07) is 2.48. The standard InChI is InChI=1S/C15H19FN4O3S/c1-9(19-24(21)15(2,3)4)12-5-10(16)6-13-14(12)23-11(8-22-13)7-18-20-17/h5-6,11H,7-8H2,1-4H3/b19-9+/t11-,24-/m1/s1. The van der Waals surface area contributed by atoms with Crippen LogP contribution >= 0.6 is 0 Å². The SMILES string of the molecule is C/C(=N\[S@+]([O-])C(C)(C)C)c1cc(F)cc2c1O[C@H](CN=[N+]=[N-])CO2. The molecule has 0 fully saturated rings. The van der Waals surface area contributed by atoms with E-state index in [4.69, 9.17) is 15.0 Å². The molecule has 24 heavy (non-hydrogen) atoms. The number of hydrogen-bond acceptors (Lipinski definition) is 5. The van der Waals surface area contributed by atoms with Crippen LogP contribution in [0.4, 0.5) is 4.39 Å². The Labute approximate surface area is 142 Å². The number of nitrogens with zero attached hydrogens (tertiary/aromatic N) is 4. The van der Waals surface area contributed by atoms with Crippen molar-refractivity contribution < 1.29 is 18.4 Å². The quantitative estimate of drug-likeness (QED) is 0.271. The first kappa shape index (κ1) is 18.4. The van der Waals surface area contributed by atoms with E-state index >= 15 is 0 Å². The van der Waals surface area contributed by atoms with E-state index in [0.717, 1.165) is 0 Å². The van der Waals surface area contributed by atoms with Gasteiger partial charge in [0.15, 0.2) is 11.5 Å². The summed E-state index contributed by atoms with van der Waals surface area (Å²) in [5.74, 6) is 0.0585. The molecule has 1 aliphatic rings. The van der Waals surface area contributed by atoms with Crippen LogP contribution in [0.25, 0.3) is 10.4 Å². The smallest absolute Gasteiger partial charge is 0.171 e. The van der Waals surface area contributed by atoms with Crippen LogP contribution in [0.15, 0.2) is 21.6 Å². The zero-order chi connectivity index (χ0) is 17.9. The second-order valence-corrected chi connectivity index (χ2v) is 8.19. The van der Waals surface area contributed by atoms with Crippen LogP contribution < -0.4 is 9.47 Å². The van der Waals surface area contributed by atoms with Gasteiger partial charge in [0.25, 0.3) is 0 Å². The second-order valence-electron chi connectivity index (χ2n) is 6.28. The van der Waals surface area contributed by atoms with E-state index in [0.29, 0.717) is 17.0 Å². The maximum atomic E-state index is 13.9. The second kappa shape index (κ2) is 7.29. The first-order chi connectivity index (χ1) is 11.2. The minimum atomic E-state index is -1.49. The molecule has 0 radical (unpaired) electrons. The zero-order valence-electron chi connectivity index (χ0n) is 13.9. The molecule has 1 aliphatic heterocycles. The molecule has 0 unspecified atom stereocenters. The lowest BCUT2D eigenvalue weighted by atomic mass is 10.1. The molecule has 0 N–H and O–H groups in total. The van der Waals surface area contributed by atoms with Gasteiger partial charge in [-0.1, -0.05) is 9.51 Å². The molecule has 1 aromatic rings. The molecule has 0 saturated carbocycles. The highest BCUT2D eigenvalue weighted by molar-refractivity contribution is 7.91. The van der Waals surface area contributed by atoms with Crippen molar-refractivity contribution in [2.24, 2.45) is 9.51 Å². The summed E-state index contributed by atoms with van der Waals surface area (Å²) in [4.78, 5) is 2.69. The van der Waals surface area contributed by atoms with Gasteiger partial charge >= 0.3 is 0 Å². The van der Waals surface area contributed by atoms with Crippen LogP contribution in [-0.2, 0) is 11.4 Å². The Balaban J connectivity index is 2.39. The van der Waals surface area contributed by atoms with Crippen molar-refractivity contribution in [3.8, 4) is 11.5 Å². The minimum absolute atomic E-state index is 0.0941. The zero-order valence-corrected chi connectivity index (χ0v) is 14.8. The van der Waals surface area contributed by atoms with Crippen LogP contribution in [0.3, 0.4) is 0 Å². The largest absolute Gasteiger partial charge is 0.591 e. The molecule has 2 atom stereocenters. The molecule has 0 spiro atoms. The van der Waals surface area contributed by atoms with Crippen LogP contribution in [0, 0.1) is 5.82 Å². The number of hydrogen-bond donors (Lipinski definition) is 0. The fourth-order valence-electron chi connectivity index (χ4n) is 1.98. The van der Waals surface area contributed by atoms with Crippen LogP contribution in [0.5, 0.6) is 11.5 Å². The third-order valence-electron chi connectivity index (χ3n) is 3.21. The van der Waals surface area contributed by atoms with E-state index < -0.39 is 28.0 Å². The molecule has 1 heterocycles. The van der Waals surface area contributed by atoms with Gasteiger partial charge in [0.05, 0.1) is 12.3 Å². The third-order valence-corrected chi connectivity index (χ3v) is 4.70. The molecule has 1 aromatic carbocycles. The molecule has 7 nitrogen and oxygen atoms in total. The highest BCUT2D eigenvalue weighted by Crippen LogP contribution is 2.37. The molecule has 130 valence electrons. The molecule has 0 amide bonds. The van der Waals surface area contributed by atoms with Gasteiger partial charge in [0, 0.05) is 16.5 Å². The molecular weight excluding hydrogens is 335 g/mol. The molecule has 0 bridgehead atoms. The summed E-state index contributed by atoms with van der Waals surface area (Å²) in [6.07, 6.45) is -0.474. The lowest BCUT2D eigenvalue weighted by Crippen LogP contribution is -2.32. The van der Waals surface area contributed by atoms with E-state index in [1.807, 2.05) is 0 Å².